The maximum absolute atomic E-state index is 6.04. The Morgan fingerprint density at radius 3 is 2.61 bits per heavy atom. The van der Waals surface area contributed by atoms with Crippen molar-refractivity contribution < 1.29 is 9.15 Å². The largest absolute Gasteiger partial charge is 0.480 e. The summed E-state index contributed by atoms with van der Waals surface area (Å²) in [5.74, 6) is 2.03. The average molecular weight is 286 g/mol. The molecule has 5 heteroatoms. The van der Waals surface area contributed by atoms with E-state index in [-0.39, 0.29) is 6.10 Å². The van der Waals surface area contributed by atoms with Gasteiger partial charge in [-0.1, -0.05) is 23.2 Å². The van der Waals surface area contributed by atoms with Crippen LogP contribution in [-0.4, -0.2) is 6.54 Å². The first-order valence-corrected chi connectivity index (χ1v) is 6.24. The molecule has 0 fully saturated rings. The number of rotatable bonds is 4. The van der Waals surface area contributed by atoms with Crippen LogP contribution in [0.3, 0.4) is 0 Å². The second kappa shape index (κ2) is 5.65. The van der Waals surface area contributed by atoms with E-state index in [4.69, 9.17) is 38.1 Å². The Morgan fingerprint density at radius 2 is 2.06 bits per heavy atom. The summed E-state index contributed by atoms with van der Waals surface area (Å²) >= 11 is 11.9. The molecule has 3 nitrogen and oxygen atoms in total. The molecule has 1 aromatic heterocycles. The van der Waals surface area contributed by atoms with Crippen molar-refractivity contribution in [3.05, 3.63) is 51.9 Å². The first-order chi connectivity index (χ1) is 8.60. The first kappa shape index (κ1) is 13.3. The summed E-state index contributed by atoms with van der Waals surface area (Å²) in [6.07, 6.45) is -0.364. The highest BCUT2D eigenvalue weighted by Crippen LogP contribution is 2.31. The first-order valence-electron chi connectivity index (χ1n) is 5.48. The maximum Gasteiger partial charge on any atom is 0.168 e. The summed E-state index contributed by atoms with van der Waals surface area (Å²) in [5.41, 5.74) is 5.69. The minimum Gasteiger partial charge on any atom is -0.480 e. The van der Waals surface area contributed by atoms with Crippen LogP contribution in [0.1, 0.15) is 17.6 Å². The van der Waals surface area contributed by atoms with Crippen LogP contribution in [0.25, 0.3) is 0 Å². The molecule has 0 radical (unpaired) electrons. The smallest absolute Gasteiger partial charge is 0.168 e. The topological polar surface area (TPSA) is 48.4 Å². The third-order valence-corrected chi connectivity index (χ3v) is 2.99. The summed E-state index contributed by atoms with van der Waals surface area (Å²) in [7, 11) is 0. The van der Waals surface area contributed by atoms with E-state index < -0.39 is 0 Å². The van der Waals surface area contributed by atoms with Gasteiger partial charge in [-0.2, -0.15) is 0 Å². The van der Waals surface area contributed by atoms with E-state index in [1.54, 1.807) is 18.2 Å². The number of hydrogen-bond acceptors (Lipinski definition) is 3. The number of benzene rings is 1. The molecule has 0 saturated carbocycles. The molecule has 96 valence electrons. The van der Waals surface area contributed by atoms with Gasteiger partial charge in [0, 0.05) is 11.6 Å². The van der Waals surface area contributed by atoms with Crippen molar-refractivity contribution in [1.29, 1.82) is 0 Å². The monoisotopic (exact) mass is 285 g/mol. The van der Waals surface area contributed by atoms with Crippen LogP contribution < -0.4 is 10.5 Å². The normalized spacial score (nSPS) is 12.4. The molecule has 0 amide bonds. The number of ether oxygens (including phenoxy) is 1. The van der Waals surface area contributed by atoms with Gasteiger partial charge in [-0.3, -0.25) is 0 Å². The van der Waals surface area contributed by atoms with Gasteiger partial charge in [-0.25, -0.2) is 0 Å². The molecule has 1 atom stereocenters. The summed E-state index contributed by atoms with van der Waals surface area (Å²) in [6, 6.07) is 8.76. The van der Waals surface area contributed by atoms with Gasteiger partial charge in [0.25, 0.3) is 0 Å². The molecular formula is C13H13Cl2NO2. The van der Waals surface area contributed by atoms with Crippen molar-refractivity contribution in [3.8, 4) is 5.75 Å². The molecule has 1 unspecified atom stereocenters. The van der Waals surface area contributed by atoms with Crippen molar-refractivity contribution in [2.45, 2.75) is 13.0 Å². The average Bonchev–Trinajstić information content (AvgIpc) is 2.75. The Bertz CT molecular complexity index is 540. The maximum atomic E-state index is 6.04. The quantitative estimate of drug-likeness (QED) is 0.925. The molecule has 1 aromatic carbocycles. The fraction of sp³-hybridized carbons (Fsp3) is 0.231. The lowest BCUT2D eigenvalue weighted by atomic mass is 10.2. The lowest BCUT2D eigenvalue weighted by Crippen LogP contribution is -2.18. The van der Waals surface area contributed by atoms with E-state index in [2.05, 4.69) is 0 Å². The second-order valence-electron chi connectivity index (χ2n) is 3.87. The Kier molecular flexibility index (Phi) is 4.17. The Morgan fingerprint density at radius 1 is 1.28 bits per heavy atom. The number of nitrogens with two attached hydrogens (primary N) is 1. The molecule has 1 heterocycles. The van der Waals surface area contributed by atoms with Gasteiger partial charge in [0.05, 0.1) is 5.02 Å². The molecule has 2 rings (SSSR count). The molecular weight excluding hydrogens is 273 g/mol. The molecule has 2 aromatic rings. The number of aryl methyl sites for hydroxylation is 1. The summed E-state index contributed by atoms with van der Waals surface area (Å²) in [5, 5.41) is 1.01. The minimum absolute atomic E-state index is 0.298. The highest BCUT2D eigenvalue weighted by atomic mass is 35.5. The van der Waals surface area contributed by atoms with Gasteiger partial charge in [0.2, 0.25) is 0 Å². The predicted octanol–water partition coefficient (Wildman–Crippen LogP) is 3.97. The fourth-order valence-electron chi connectivity index (χ4n) is 1.57. The predicted molar refractivity (Wildman–Crippen MR) is 72.3 cm³/mol. The highest BCUT2D eigenvalue weighted by molar-refractivity contribution is 6.35. The van der Waals surface area contributed by atoms with Crippen LogP contribution >= 0.6 is 23.2 Å². The Hall–Kier alpha value is -1.16. The van der Waals surface area contributed by atoms with Crippen molar-refractivity contribution >= 4 is 23.2 Å². The zero-order valence-electron chi connectivity index (χ0n) is 9.82. The van der Waals surface area contributed by atoms with E-state index in [9.17, 15) is 0 Å². The van der Waals surface area contributed by atoms with Crippen LogP contribution in [0.15, 0.2) is 34.7 Å². The van der Waals surface area contributed by atoms with Crippen LogP contribution in [0.2, 0.25) is 10.0 Å². The lowest BCUT2D eigenvalue weighted by Gasteiger charge is -2.16. The molecule has 0 aliphatic heterocycles. The number of hydrogen-bond donors (Lipinski definition) is 1. The van der Waals surface area contributed by atoms with E-state index in [0.29, 0.717) is 28.1 Å². The highest BCUT2D eigenvalue weighted by Gasteiger charge is 2.16. The molecule has 0 aliphatic carbocycles. The number of halogens is 2. The van der Waals surface area contributed by atoms with Gasteiger partial charge in [0.15, 0.2) is 6.10 Å². The van der Waals surface area contributed by atoms with Crippen molar-refractivity contribution in [2.75, 3.05) is 6.54 Å². The number of furan rings is 1. The molecule has 18 heavy (non-hydrogen) atoms. The zero-order valence-corrected chi connectivity index (χ0v) is 11.3. The molecule has 0 aliphatic rings. The van der Waals surface area contributed by atoms with Crippen LogP contribution in [-0.2, 0) is 0 Å². The van der Waals surface area contributed by atoms with Crippen LogP contribution in [0.4, 0.5) is 0 Å². The van der Waals surface area contributed by atoms with E-state index in [1.807, 2.05) is 19.1 Å². The second-order valence-corrected chi connectivity index (χ2v) is 4.71. The Balaban J connectivity index is 2.20. The fourth-order valence-corrected chi connectivity index (χ4v) is 2.03. The van der Waals surface area contributed by atoms with E-state index in [0.717, 1.165) is 5.76 Å². The molecule has 2 N–H and O–H groups in total. The van der Waals surface area contributed by atoms with Crippen LogP contribution in [0, 0.1) is 6.92 Å². The lowest BCUT2D eigenvalue weighted by molar-refractivity contribution is 0.182. The minimum atomic E-state index is -0.364. The summed E-state index contributed by atoms with van der Waals surface area (Å²) in [6.45, 7) is 2.16. The van der Waals surface area contributed by atoms with Crippen molar-refractivity contribution in [1.82, 2.24) is 0 Å². The van der Waals surface area contributed by atoms with E-state index in [1.165, 1.54) is 0 Å². The van der Waals surface area contributed by atoms with Crippen molar-refractivity contribution in [2.24, 2.45) is 5.73 Å². The zero-order chi connectivity index (χ0) is 13.1. The van der Waals surface area contributed by atoms with Gasteiger partial charge in [0.1, 0.15) is 17.3 Å². The van der Waals surface area contributed by atoms with Crippen molar-refractivity contribution in [3.63, 3.8) is 0 Å². The summed E-state index contributed by atoms with van der Waals surface area (Å²) < 4.78 is 11.2. The molecule has 0 spiro atoms. The van der Waals surface area contributed by atoms with Gasteiger partial charge < -0.3 is 14.9 Å². The van der Waals surface area contributed by atoms with Gasteiger partial charge in [-0.15, -0.1) is 0 Å². The third-order valence-electron chi connectivity index (χ3n) is 2.46. The van der Waals surface area contributed by atoms with Gasteiger partial charge in [-0.05, 0) is 37.3 Å². The SMILES string of the molecule is Cc1ccc(C(CN)Oc2ccc(Cl)cc2Cl)o1. The van der Waals surface area contributed by atoms with Crippen LogP contribution in [0.5, 0.6) is 5.75 Å². The van der Waals surface area contributed by atoms with E-state index >= 15 is 0 Å². The van der Waals surface area contributed by atoms with Gasteiger partial charge >= 0.3 is 0 Å². The third kappa shape index (κ3) is 2.99. The summed E-state index contributed by atoms with van der Waals surface area (Å²) in [4.78, 5) is 0. The Labute approximate surface area is 115 Å². The molecule has 0 bridgehead atoms. The standard InChI is InChI=1S/C13H13Cl2NO2/c1-8-2-4-12(17-8)13(7-16)18-11-5-3-9(14)6-10(11)15/h2-6,13H,7,16H2,1H3. The molecule has 0 saturated heterocycles.